The quantitative estimate of drug-likeness (QED) is 0.555. The summed E-state index contributed by atoms with van der Waals surface area (Å²) in [6.07, 6.45) is -1.69. The molecule has 7 heteroatoms. The summed E-state index contributed by atoms with van der Waals surface area (Å²) < 4.78 is 50.3. The molecule has 0 saturated heterocycles. The SMILES string of the molecule is C=C(C)C(=O)OC1CCCCCC(C)(OC(C)C(C)(O)C(F)(F)F)CC1. The van der Waals surface area contributed by atoms with Crippen LogP contribution in [-0.4, -0.2) is 40.7 Å². The Morgan fingerprint density at radius 1 is 1.23 bits per heavy atom. The molecular weight excluding hydrogens is 349 g/mol. The third-order valence-corrected chi connectivity index (χ3v) is 5.18. The smallest absolute Gasteiger partial charge is 0.419 e. The number of aliphatic hydroxyl groups is 1. The van der Waals surface area contributed by atoms with Crippen LogP contribution < -0.4 is 0 Å². The van der Waals surface area contributed by atoms with Crippen LogP contribution in [-0.2, 0) is 14.3 Å². The second-order valence-corrected chi connectivity index (χ2v) is 7.80. The van der Waals surface area contributed by atoms with Gasteiger partial charge in [-0.3, -0.25) is 0 Å². The fourth-order valence-corrected chi connectivity index (χ4v) is 3.04. The number of halogens is 3. The molecule has 4 nitrogen and oxygen atoms in total. The first-order valence-corrected chi connectivity index (χ1v) is 9.12. The van der Waals surface area contributed by atoms with Crippen molar-refractivity contribution in [3.05, 3.63) is 12.2 Å². The van der Waals surface area contributed by atoms with Crippen LogP contribution in [0.3, 0.4) is 0 Å². The van der Waals surface area contributed by atoms with E-state index < -0.39 is 29.5 Å². The van der Waals surface area contributed by atoms with Gasteiger partial charge >= 0.3 is 12.1 Å². The lowest BCUT2D eigenvalue weighted by atomic mass is 9.91. The molecule has 0 heterocycles. The fourth-order valence-electron chi connectivity index (χ4n) is 3.04. The number of hydrogen-bond acceptors (Lipinski definition) is 4. The maximum absolute atomic E-state index is 13.1. The van der Waals surface area contributed by atoms with Gasteiger partial charge in [0.15, 0.2) is 5.60 Å². The van der Waals surface area contributed by atoms with Crippen LogP contribution in [0.1, 0.15) is 72.6 Å². The first kappa shape index (κ1) is 23.0. The molecule has 0 aromatic heterocycles. The largest absolute Gasteiger partial charge is 0.459 e. The van der Waals surface area contributed by atoms with Gasteiger partial charge in [0.05, 0.1) is 11.7 Å². The molecule has 1 aliphatic rings. The van der Waals surface area contributed by atoms with E-state index in [2.05, 4.69) is 6.58 Å². The van der Waals surface area contributed by atoms with E-state index in [1.807, 2.05) is 0 Å². The van der Waals surface area contributed by atoms with E-state index in [0.717, 1.165) is 26.2 Å². The second kappa shape index (κ2) is 8.74. The van der Waals surface area contributed by atoms with Crippen molar-refractivity contribution in [2.24, 2.45) is 0 Å². The van der Waals surface area contributed by atoms with Crippen molar-refractivity contribution >= 4 is 5.97 Å². The summed E-state index contributed by atoms with van der Waals surface area (Å²) in [5.74, 6) is -0.453. The van der Waals surface area contributed by atoms with Crippen LogP contribution in [0.4, 0.5) is 13.2 Å². The average molecular weight is 380 g/mol. The second-order valence-electron chi connectivity index (χ2n) is 7.80. The van der Waals surface area contributed by atoms with Crippen molar-refractivity contribution in [3.8, 4) is 0 Å². The van der Waals surface area contributed by atoms with Gasteiger partial charge in [-0.2, -0.15) is 13.2 Å². The molecule has 0 aromatic carbocycles. The predicted molar refractivity (Wildman–Crippen MR) is 92.6 cm³/mol. The number of carbonyl (C=O) groups is 1. The number of rotatable bonds is 5. The topological polar surface area (TPSA) is 55.8 Å². The lowest BCUT2D eigenvalue weighted by Gasteiger charge is -2.39. The molecule has 1 rings (SSSR count). The molecule has 0 aliphatic heterocycles. The van der Waals surface area contributed by atoms with E-state index in [0.29, 0.717) is 31.3 Å². The molecule has 1 fully saturated rings. The van der Waals surface area contributed by atoms with Crippen LogP contribution in [0.25, 0.3) is 0 Å². The van der Waals surface area contributed by atoms with E-state index in [4.69, 9.17) is 9.47 Å². The zero-order chi connectivity index (χ0) is 20.2. The minimum atomic E-state index is -4.78. The summed E-state index contributed by atoms with van der Waals surface area (Å²) in [6.45, 7) is 8.87. The molecule has 152 valence electrons. The average Bonchev–Trinajstić information content (AvgIpc) is 2.58. The summed E-state index contributed by atoms with van der Waals surface area (Å²) in [4.78, 5) is 11.8. The van der Waals surface area contributed by atoms with Gasteiger partial charge in [0.25, 0.3) is 0 Å². The minimum absolute atomic E-state index is 0.307. The van der Waals surface area contributed by atoms with Gasteiger partial charge in [-0.25, -0.2) is 4.79 Å². The molecule has 1 N–H and O–H groups in total. The van der Waals surface area contributed by atoms with Crippen molar-refractivity contribution < 1.29 is 32.5 Å². The van der Waals surface area contributed by atoms with Gasteiger partial charge in [0.1, 0.15) is 6.10 Å². The fraction of sp³-hybridized carbons (Fsp3) is 0.842. The standard InChI is InChI=1S/C19H31F3O4/c1-13(2)16(23)25-15-9-7-6-8-11-17(4,12-10-15)26-14(3)18(5,24)19(20,21)22/h14-15,24H,1,6-12H2,2-5H3. The lowest BCUT2D eigenvalue weighted by molar-refractivity contribution is -0.299. The molecule has 0 aromatic rings. The first-order chi connectivity index (χ1) is 11.8. The highest BCUT2D eigenvalue weighted by molar-refractivity contribution is 5.87. The van der Waals surface area contributed by atoms with Gasteiger partial charge in [-0.05, 0) is 59.8 Å². The highest BCUT2D eigenvalue weighted by Gasteiger charge is 2.55. The first-order valence-electron chi connectivity index (χ1n) is 9.12. The van der Waals surface area contributed by atoms with Crippen molar-refractivity contribution in [2.45, 2.75) is 102 Å². The minimum Gasteiger partial charge on any atom is -0.459 e. The van der Waals surface area contributed by atoms with E-state index >= 15 is 0 Å². The van der Waals surface area contributed by atoms with E-state index in [1.54, 1.807) is 13.8 Å². The van der Waals surface area contributed by atoms with E-state index in [1.165, 1.54) is 6.92 Å². The number of hydrogen-bond donors (Lipinski definition) is 1. The maximum atomic E-state index is 13.1. The van der Waals surface area contributed by atoms with Crippen LogP contribution in [0.2, 0.25) is 0 Å². The Morgan fingerprint density at radius 2 is 1.85 bits per heavy atom. The zero-order valence-electron chi connectivity index (χ0n) is 16.1. The van der Waals surface area contributed by atoms with Gasteiger partial charge < -0.3 is 14.6 Å². The van der Waals surface area contributed by atoms with Gasteiger partial charge in [-0.1, -0.05) is 19.4 Å². The Labute approximate surface area is 153 Å². The third-order valence-electron chi connectivity index (χ3n) is 5.18. The van der Waals surface area contributed by atoms with Crippen LogP contribution in [0, 0.1) is 0 Å². The van der Waals surface area contributed by atoms with Crippen LogP contribution in [0.15, 0.2) is 12.2 Å². The molecule has 0 radical (unpaired) electrons. The van der Waals surface area contributed by atoms with Crippen molar-refractivity contribution in [2.75, 3.05) is 0 Å². The van der Waals surface area contributed by atoms with Gasteiger partial charge in [0, 0.05) is 5.57 Å². The summed E-state index contributed by atoms with van der Waals surface area (Å²) in [5, 5.41) is 9.85. The number of alkyl halides is 3. The Bertz CT molecular complexity index is 502. The molecule has 1 aliphatic carbocycles. The molecule has 26 heavy (non-hydrogen) atoms. The Morgan fingerprint density at radius 3 is 2.38 bits per heavy atom. The number of esters is 1. The Kier molecular flexibility index (Phi) is 7.72. The van der Waals surface area contributed by atoms with E-state index in [-0.39, 0.29) is 6.10 Å². The maximum Gasteiger partial charge on any atom is 0.419 e. The molecule has 4 atom stereocenters. The third kappa shape index (κ3) is 6.27. The summed E-state index contributed by atoms with van der Waals surface area (Å²) in [6, 6.07) is 0. The van der Waals surface area contributed by atoms with Crippen molar-refractivity contribution in [1.29, 1.82) is 0 Å². The summed E-state index contributed by atoms with van der Waals surface area (Å²) >= 11 is 0. The summed E-state index contributed by atoms with van der Waals surface area (Å²) in [5.41, 5.74) is -3.44. The van der Waals surface area contributed by atoms with Gasteiger partial charge in [0.2, 0.25) is 0 Å². The zero-order valence-corrected chi connectivity index (χ0v) is 16.1. The number of ether oxygens (including phenoxy) is 2. The highest BCUT2D eigenvalue weighted by Crippen LogP contribution is 2.38. The molecule has 0 bridgehead atoms. The molecular formula is C19H31F3O4. The monoisotopic (exact) mass is 380 g/mol. The van der Waals surface area contributed by atoms with Crippen molar-refractivity contribution in [3.63, 3.8) is 0 Å². The molecule has 0 spiro atoms. The summed E-state index contributed by atoms with van der Waals surface area (Å²) in [7, 11) is 0. The molecule has 4 unspecified atom stereocenters. The lowest BCUT2D eigenvalue weighted by Crippen LogP contribution is -2.54. The van der Waals surface area contributed by atoms with Gasteiger partial charge in [-0.15, -0.1) is 0 Å². The Hall–Kier alpha value is -1.08. The predicted octanol–water partition coefficient (Wildman–Crippen LogP) is 4.70. The number of carbonyl (C=O) groups excluding carboxylic acids is 1. The van der Waals surface area contributed by atoms with Crippen LogP contribution >= 0.6 is 0 Å². The normalized spacial score (nSPS) is 28.8. The van der Waals surface area contributed by atoms with E-state index in [9.17, 15) is 23.1 Å². The van der Waals surface area contributed by atoms with Crippen molar-refractivity contribution in [1.82, 2.24) is 0 Å². The highest BCUT2D eigenvalue weighted by atomic mass is 19.4. The van der Waals surface area contributed by atoms with Crippen LogP contribution in [0.5, 0.6) is 0 Å². The molecule has 0 amide bonds. The Balaban J connectivity index is 2.82. The molecule has 1 saturated carbocycles.